The molecular formula is C14H16N2O4S2. The summed E-state index contributed by atoms with van der Waals surface area (Å²) in [6, 6.07) is 7.94. The molecule has 0 aliphatic carbocycles. The number of para-hydroxylation sites is 1. The van der Waals surface area contributed by atoms with Gasteiger partial charge in [-0.3, -0.25) is 4.31 Å². The molecule has 0 spiro atoms. The fourth-order valence-electron chi connectivity index (χ4n) is 1.86. The minimum Gasteiger partial charge on any atom is -0.462 e. The Morgan fingerprint density at radius 2 is 2.05 bits per heavy atom. The SMILES string of the molecule is CCOC(=O)c1ccccc1N(C)S(=O)(=O)c1cc(C)ns1. The Morgan fingerprint density at radius 3 is 2.64 bits per heavy atom. The van der Waals surface area contributed by atoms with Crippen LogP contribution in [0.25, 0.3) is 0 Å². The number of esters is 1. The number of aromatic nitrogens is 1. The molecule has 0 saturated heterocycles. The van der Waals surface area contributed by atoms with E-state index in [0.29, 0.717) is 5.69 Å². The van der Waals surface area contributed by atoms with Crippen molar-refractivity contribution >= 4 is 33.2 Å². The maximum atomic E-state index is 12.6. The normalized spacial score (nSPS) is 11.2. The van der Waals surface area contributed by atoms with Crippen molar-refractivity contribution in [1.82, 2.24) is 4.37 Å². The Hall–Kier alpha value is -1.93. The molecule has 0 saturated carbocycles. The van der Waals surface area contributed by atoms with Gasteiger partial charge in [-0.1, -0.05) is 12.1 Å². The zero-order chi connectivity index (χ0) is 16.3. The van der Waals surface area contributed by atoms with Crippen molar-refractivity contribution in [2.75, 3.05) is 18.0 Å². The highest BCUT2D eigenvalue weighted by Crippen LogP contribution is 2.28. The number of aryl methyl sites for hydroxylation is 1. The Bertz CT molecular complexity index is 784. The predicted octanol–water partition coefficient (Wildman–Crippen LogP) is 2.45. The first-order valence-corrected chi connectivity index (χ1v) is 8.77. The Morgan fingerprint density at radius 1 is 1.36 bits per heavy atom. The lowest BCUT2D eigenvalue weighted by molar-refractivity contribution is 0.0527. The second kappa shape index (κ2) is 6.45. The second-order valence-electron chi connectivity index (χ2n) is 4.50. The van der Waals surface area contributed by atoms with Crippen molar-refractivity contribution in [1.29, 1.82) is 0 Å². The Balaban J connectivity index is 2.46. The minimum atomic E-state index is -3.76. The minimum absolute atomic E-state index is 0.131. The summed E-state index contributed by atoms with van der Waals surface area (Å²) >= 11 is 0.908. The summed E-state index contributed by atoms with van der Waals surface area (Å²) in [7, 11) is -2.36. The lowest BCUT2D eigenvalue weighted by Gasteiger charge is -2.20. The van der Waals surface area contributed by atoms with E-state index in [-0.39, 0.29) is 22.1 Å². The highest BCUT2D eigenvalue weighted by Gasteiger charge is 2.27. The number of hydrogen-bond donors (Lipinski definition) is 0. The van der Waals surface area contributed by atoms with Crippen LogP contribution in [0.2, 0.25) is 0 Å². The number of ether oxygens (including phenoxy) is 1. The summed E-state index contributed by atoms with van der Waals surface area (Å²) < 4.78 is 35.4. The lowest BCUT2D eigenvalue weighted by Crippen LogP contribution is -2.27. The molecule has 6 nitrogen and oxygen atoms in total. The number of benzene rings is 1. The smallest absolute Gasteiger partial charge is 0.340 e. The summed E-state index contributed by atoms with van der Waals surface area (Å²) in [6.07, 6.45) is 0. The quantitative estimate of drug-likeness (QED) is 0.782. The van der Waals surface area contributed by atoms with E-state index in [1.807, 2.05) is 0 Å². The molecule has 0 radical (unpaired) electrons. The molecule has 0 amide bonds. The van der Waals surface area contributed by atoms with Gasteiger partial charge in [0, 0.05) is 7.05 Å². The van der Waals surface area contributed by atoms with Gasteiger partial charge in [-0.25, -0.2) is 13.2 Å². The van der Waals surface area contributed by atoms with Crippen LogP contribution in [-0.2, 0) is 14.8 Å². The average Bonchev–Trinajstić information content (AvgIpc) is 2.94. The van der Waals surface area contributed by atoms with Crippen molar-refractivity contribution < 1.29 is 17.9 Å². The van der Waals surface area contributed by atoms with Gasteiger partial charge in [0.1, 0.15) is 0 Å². The molecule has 8 heteroatoms. The maximum Gasteiger partial charge on any atom is 0.340 e. The number of nitrogens with zero attached hydrogens (tertiary/aromatic N) is 2. The molecule has 1 aromatic heterocycles. The van der Waals surface area contributed by atoms with Crippen LogP contribution in [0.15, 0.2) is 34.5 Å². The van der Waals surface area contributed by atoms with E-state index in [4.69, 9.17) is 4.74 Å². The lowest BCUT2D eigenvalue weighted by atomic mass is 10.2. The van der Waals surface area contributed by atoms with Crippen LogP contribution in [-0.4, -0.2) is 32.4 Å². The third kappa shape index (κ3) is 3.12. The van der Waals surface area contributed by atoms with Crippen LogP contribution >= 0.6 is 11.5 Å². The zero-order valence-corrected chi connectivity index (χ0v) is 14.1. The summed E-state index contributed by atoms with van der Waals surface area (Å²) in [5.41, 5.74) is 1.11. The van der Waals surface area contributed by atoms with E-state index in [0.717, 1.165) is 15.8 Å². The number of sulfonamides is 1. The van der Waals surface area contributed by atoms with E-state index < -0.39 is 16.0 Å². The van der Waals surface area contributed by atoms with Gasteiger partial charge in [-0.05, 0) is 43.6 Å². The molecular weight excluding hydrogens is 324 g/mol. The molecule has 0 fully saturated rings. The molecule has 0 bridgehead atoms. The first kappa shape index (κ1) is 16.4. The van der Waals surface area contributed by atoms with Gasteiger partial charge in [-0.15, -0.1) is 0 Å². The van der Waals surface area contributed by atoms with Crippen LogP contribution in [0.1, 0.15) is 23.0 Å². The largest absolute Gasteiger partial charge is 0.462 e. The predicted molar refractivity (Wildman–Crippen MR) is 84.8 cm³/mol. The van der Waals surface area contributed by atoms with Crippen molar-refractivity contribution in [2.24, 2.45) is 0 Å². The van der Waals surface area contributed by atoms with Crippen molar-refractivity contribution in [3.05, 3.63) is 41.6 Å². The Kier molecular flexibility index (Phi) is 4.82. The average molecular weight is 340 g/mol. The van der Waals surface area contributed by atoms with E-state index in [9.17, 15) is 13.2 Å². The molecule has 0 aliphatic rings. The van der Waals surface area contributed by atoms with Crippen LogP contribution in [0.5, 0.6) is 0 Å². The van der Waals surface area contributed by atoms with Gasteiger partial charge in [-0.2, -0.15) is 4.37 Å². The van der Waals surface area contributed by atoms with E-state index in [1.165, 1.54) is 19.2 Å². The van der Waals surface area contributed by atoms with Gasteiger partial charge >= 0.3 is 5.97 Å². The number of carbonyl (C=O) groups excluding carboxylic acids is 1. The highest BCUT2D eigenvalue weighted by molar-refractivity contribution is 7.94. The van der Waals surface area contributed by atoms with E-state index in [2.05, 4.69) is 4.37 Å². The molecule has 2 rings (SSSR count). The number of hydrogen-bond acceptors (Lipinski definition) is 6. The van der Waals surface area contributed by atoms with Crippen LogP contribution in [0, 0.1) is 6.92 Å². The van der Waals surface area contributed by atoms with E-state index in [1.54, 1.807) is 32.0 Å². The third-order valence-electron chi connectivity index (χ3n) is 2.96. The van der Waals surface area contributed by atoms with Crippen molar-refractivity contribution in [3.8, 4) is 0 Å². The van der Waals surface area contributed by atoms with Gasteiger partial charge in [0.25, 0.3) is 10.0 Å². The second-order valence-corrected chi connectivity index (χ2v) is 7.50. The molecule has 2 aromatic rings. The molecule has 1 heterocycles. The standard InChI is InChI=1S/C14H16N2O4S2/c1-4-20-14(17)11-7-5-6-8-12(11)16(3)22(18,19)13-9-10(2)15-21-13/h5-9H,4H2,1-3H3. The van der Waals surface area contributed by atoms with Crippen molar-refractivity contribution in [3.63, 3.8) is 0 Å². The fraction of sp³-hybridized carbons (Fsp3) is 0.286. The van der Waals surface area contributed by atoms with Crippen molar-refractivity contribution in [2.45, 2.75) is 18.1 Å². The fourth-order valence-corrected chi connectivity index (χ4v) is 4.20. The topological polar surface area (TPSA) is 76.6 Å². The van der Waals surface area contributed by atoms with Gasteiger partial charge < -0.3 is 4.74 Å². The first-order valence-electron chi connectivity index (χ1n) is 6.56. The van der Waals surface area contributed by atoms with Gasteiger partial charge in [0.05, 0.1) is 23.6 Å². The maximum absolute atomic E-state index is 12.6. The molecule has 0 aliphatic heterocycles. The van der Waals surface area contributed by atoms with Gasteiger partial charge in [0.15, 0.2) is 4.21 Å². The molecule has 0 atom stereocenters. The monoisotopic (exact) mass is 340 g/mol. The zero-order valence-electron chi connectivity index (χ0n) is 12.4. The molecule has 22 heavy (non-hydrogen) atoms. The van der Waals surface area contributed by atoms with Crippen LogP contribution in [0.3, 0.4) is 0 Å². The number of carbonyl (C=O) groups is 1. The summed E-state index contributed by atoms with van der Waals surface area (Å²) in [5, 5.41) is 0. The summed E-state index contributed by atoms with van der Waals surface area (Å²) in [4.78, 5) is 12.0. The number of rotatable bonds is 5. The van der Waals surface area contributed by atoms with E-state index >= 15 is 0 Å². The molecule has 118 valence electrons. The van der Waals surface area contributed by atoms with Crippen LogP contribution < -0.4 is 4.31 Å². The summed E-state index contributed by atoms with van der Waals surface area (Å²) in [6.45, 7) is 3.64. The van der Waals surface area contributed by atoms with Crippen LogP contribution in [0.4, 0.5) is 5.69 Å². The third-order valence-corrected chi connectivity index (χ3v) is 6.04. The first-order chi connectivity index (χ1) is 10.4. The molecule has 1 aromatic carbocycles. The van der Waals surface area contributed by atoms with Gasteiger partial charge in [0.2, 0.25) is 0 Å². The Labute approximate surface area is 133 Å². The number of anilines is 1. The molecule has 0 unspecified atom stereocenters. The molecule has 0 N–H and O–H groups in total. The highest BCUT2D eigenvalue weighted by atomic mass is 32.2. The summed E-state index contributed by atoms with van der Waals surface area (Å²) in [5.74, 6) is -0.555.